The molecule has 0 aromatic rings. The van der Waals surface area contributed by atoms with Crippen molar-refractivity contribution >= 4 is 23.6 Å². The van der Waals surface area contributed by atoms with Crippen LogP contribution in [0.25, 0.3) is 0 Å². The van der Waals surface area contributed by atoms with Crippen LogP contribution in [0.1, 0.15) is 19.8 Å². The van der Waals surface area contributed by atoms with Crippen LogP contribution in [0, 0.1) is 12.3 Å². The van der Waals surface area contributed by atoms with Crippen molar-refractivity contribution in [2.45, 2.75) is 25.8 Å². The van der Waals surface area contributed by atoms with Crippen LogP contribution in [0.3, 0.4) is 0 Å². The topological polar surface area (TPSA) is 184 Å². The van der Waals surface area contributed by atoms with E-state index in [0.29, 0.717) is 52.6 Å². The molecule has 0 unspecified atom stereocenters. The van der Waals surface area contributed by atoms with E-state index in [9.17, 15) is 19.2 Å². The van der Waals surface area contributed by atoms with Gasteiger partial charge in [-0.3, -0.25) is 24.5 Å². The molecule has 15 nitrogen and oxygen atoms in total. The number of carbonyl (C=O) groups excluding carboxylic acids is 4. The highest BCUT2D eigenvalue weighted by atomic mass is 16.5. The van der Waals surface area contributed by atoms with Gasteiger partial charge in [0.2, 0.25) is 23.6 Å². The van der Waals surface area contributed by atoms with Gasteiger partial charge in [0, 0.05) is 26.2 Å². The molecule has 0 aliphatic carbocycles. The quantitative estimate of drug-likeness (QED) is 0.0453. The molecule has 0 saturated carbocycles. The molecule has 1 atom stereocenters. The Labute approximate surface area is 248 Å². The smallest absolute Gasteiger partial charge is 0.249 e. The fourth-order valence-electron chi connectivity index (χ4n) is 2.88. The number of hydrogen-bond donors (Lipinski definition) is 5. The average Bonchev–Trinajstić information content (AvgIpc) is 2.97. The number of terminal acetylenes is 1. The molecule has 42 heavy (non-hydrogen) atoms. The molecular formula is C27H49N5O10. The maximum Gasteiger partial charge on any atom is 0.249 e. The average molecular weight is 604 g/mol. The largest absolute Gasteiger partial charge is 0.377 e. The van der Waals surface area contributed by atoms with Gasteiger partial charge in [0.15, 0.2) is 0 Å². The number of hydrogen-bond acceptors (Lipinski definition) is 11. The number of ether oxygens (including phenoxy) is 6. The maximum atomic E-state index is 11.7. The Kier molecular flexibility index (Phi) is 27.6. The minimum Gasteiger partial charge on any atom is -0.377 e. The molecule has 0 aliphatic heterocycles. The molecule has 242 valence electrons. The molecule has 4 amide bonds. The maximum absolute atomic E-state index is 11.7. The molecule has 0 spiro atoms. The molecule has 0 aliphatic rings. The minimum atomic E-state index is -0.678. The van der Waals surface area contributed by atoms with Gasteiger partial charge in [0.05, 0.1) is 59.5 Å². The van der Waals surface area contributed by atoms with E-state index in [2.05, 4.69) is 39.4 Å². The van der Waals surface area contributed by atoms with Gasteiger partial charge >= 0.3 is 0 Å². The minimum absolute atomic E-state index is 0.00428. The van der Waals surface area contributed by atoms with Crippen molar-refractivity contribution in [3.8, 4) is 12.3 Å². The molecule has 0 aromatic heterocycles. The number of unbranched alkanes of at least 4 members (excludes halogenated alkanes) is 1. The van der Waals surface area contributed by atoms with E-state index < -0.39 is 6.04 Å². The van der Waals surface area contributed by atoms with E-state index in [0.717, 1.165) is 12.8 Å². The molecule has 0 rings (SSSR count). The Hall–Kier alpha value is -2.84. The Bertz CT molecular complexity index is 766. The van der Waals surface area contributed by atoms with Crippen molar-refractivity contribution < 1.29 is 47.6 Å². The zero-order chi connectivity index (χ0) is 31.1. The molecule has 0 heterocycles. The van der Waals surface area contributed by atoms with Crippen LogP contribution < -0.4 is 26.6 Å². The Morgan fingerprint density at radius 3 is 1.36 bits per heavy atom. The number of carbonyl (C=O) groups is 4. The first kappa shape index (κ1) is 39.2. The lowest BCUT2D eigenvalue weighted by atomic mass is 10.3. The van der Waals surface area contributed by atoms with E-state index in [1.54, 1.807) is 7.05 Å². The van der Waals surface area contributed by atoms with Gasteiger partial charge in [-0.25, -0.2) is 0 Å². The van der Waals surface area contributed by atoms with Crippen molar-refractivity contribution in [1.82, 2.24) is 26.6 Å². The standard InChI is InChI=1S/C27H49N5O10/c1-4-6-7-29-24(33)20-40-17-14-37-11-8-30-25(34)21-41-18-15-38-12-9-31-26(35)22-42-19-16-39-13-10-32-27(36)23(5-2)28-3/h2,23,28H,4,6-22H2,1,3H3,(H,29,33)(H,30,34)(H,31,35)(H,32,36)/t23-/m1/s1. The summed E-state index contributed by atoms with van der Waals surface area (Å²) in [5.74, 6) is 1.32. The summed E-state index contributed by atoms with van der Waals surface area (Å²) in [7, 11) is 1.60. The molecule has 0 fully saturated rings. The number of likely N-dealkylation sites (N-methyl/N-ethyl adjacent to an activating group) is 1. The second-order valence-corrected chi connectivity index (χ2v) is 8.58. The predicted molar refractivity (Wildman–Crippen MR) is 154 cm³/mol. The Morgan fingerprint density at radius 1 is 0.595 bits per heavy atom. The van der Waals surface area contributed by atoms with E-state index in [-0.39, 0.29) is 76.5 Å². The number of nitrogens with one attached hydrogen (secondary N) is 5. The van der Waals surface area contributed by atoms with E-state index >= 15 is 0 Å². The third kappa shape index (κ3) is 26.1. The molecule has 5 N–H and O–H groups in total. The molecule has 0 radical (unpaired) electrons. The van der Waals surface area contributed by atoms with E-state index in [1.165, 1.54) is 0 Å². The second kappa shape index (κ2) is 29.6. The summed E-state index contributed by atoms with van der Waals surface area (Å²) in [6.07, 6.45) is 7.18. The zero-order valence-corrected chi connectivity index (χ0v) is 25.0. The fourth-order valence-corrected chi connectivity index (χ4v) is 2.88. The first-order chi connectivity index (χ1) is 20.4. The third-order valence-electron chi connectivity index (χ3n) is 5.07. The van der Waals surface area contributed by atoms with Crippen molar-refractivity contribution in [3.05, 3.63) is 0 Å². The SMILES string of the molecule is C#C[C@@H](NC)C(=O)NCCOCCOCC(=O)NCCOCCOCC(=O)NCCOCCOCC(=O)NCCCC. The van der Waals surface area contributed by atoms with E-state index in [1.807, 2.05) is 0 Å². The van der Waals surface area contributed by atoms with Crippen molar-refractivity contribution in [2.24, 2.45) is 0 Å². The van der Waals surface area contributed by atoms with Crippen molar-refractivity contribution in [1.29, 1.82) is 0 Å². The second-order valence-electron chi connectivity index (χ2n) is 8.58. The van der Waals surface area contributed by atoms with Crippen LogP contribution in [0.5, 0.6) is 0 Å². The van der Waals surface area contributed by atoms with Gasteiger partial charge in [0.1, 0.15) is 25.9 Å². The molecule has 0 bridgehead atoms. The highest BCUT2D eigenvalue weighted by Gasteiger charge is 2.11. The Balaban J connectivity index is 3.39. The predicted octanol–water partition coefficient (Wildman–Crippen LogP) is -2.43. The normalized spacial score (nSPS) is 11.4. The molecule has 0 aromatic carbocycles. The van der Waals surface area contributed by atoms with Gasteiger partial charge in [0.25, 0.3) is 0 Å². The summed E-state index contributed by atoms with van der Waals surface area (Å²) < 4.78 is 31.7. The summed E-state index contributed by atoms with van der Waals surface area (Å²) >= 11 is 0. The third-order valence-corrected chi connectivity index (χ3v) is 5.07. The van der Waals surface area contributed by atoms with Crippen LogP contribution in [-0.2, 0) is 47.6 Å². The fraction of sp³-hybridized carbons (Fsp3) is 0.778. The van der Waals surface area contributed by atoms with Crippen LogP contribution in [-0.4, -0.2) is 142 Å². The first-order valence-corrected chi connectivity index (χ1v) is 14.1. The summed E-state index contributed by atoms with van der Waals surface area (Å²) in [6.45, 7) is 5.98. The van der Waals surface area contributed by atoms with Crippen molar-refractivity contribution in [2.75, 3.05) is 113 Å². The summed E-state index contributed by atoms with van der Waals surface area (Å²) in [6, 6.07) is -0.678. The Morgan fingerprint density at radius 2 is 0.976 bits per heavy atom. The van der Waals surface area contributed by atoms with Gasteiger partial charge < -0.3 is 49.7 Å². The summed E-state index contributed by atoms with van der Waals surface area (Å²) in [5.41, 5.74) is 0. The van der Waals surface area contributed by atoms with Crippen molar-refractivity contribution in [3.63, 3.8) is 0 Å². The first-order valence-electron chi connectivity index (χ1n) is 14.1. The number of rotatable bonds is 29. The van der Waals surface area contributed by atoms with Gasteiger partial charge in [-0.1, -0.05) is 19.3 Å². The lowest BCUT2D eigenvalue weighted by Gasteiger charge is -2.11. The zero-order valence-electron chi connectivity index (χ0n) is 25.0. The summed E-state index contributed by atoms with van der Waals surface area (Å²) in [4.78, 5) is 46.5. The highest BCUT2D eigenvalue weighted by molar-refractivity contribution is 5.84. The lowest BCUT2D eigenvalue weighted by molar-refractivity contribution is -0.127. The monoisotopic (exact) mass is 603 g/mol. The van der Waals surface area contributed by atoms with Gasteiger partial charge in [-0.2, -0.15) is 0 Å². The lowest BCUT2D eigenvalue weighted by Crippen LogP contribution is -2.42. The van der Waals surface area contributed by atoms with Crippen LogP contribution in [0.4, 0.5) is 0 Å². The number of amides is 4. The van der Waals surface area contributed by atoms with Crippen LogP contribution >= 0.6 is 0 Å². The summed E-state index contributed by atoms with van der Waals surface area (Å²) in [5, 5.41) is 13.4. The highest BCUT2D eigenvalue weighted by Crippen LogP contribution is 1.85. The molecule has 15 heteroatoms. The van der Waals surface area contributed by atoms with Gasteiger partial charge in [-0.05, 0) is 13.5 Å². The van der Waals surface area contributed by atoms with Gasteiger partial charge in [-0.15, -0.1) is 6.42 Å². The van der Waals surface area contributed by atoms with Crippen LogP contribution in [0.15, 0.2) is 0 Å². The van der Waals surface area contributed by atoms with E-state index in [4.69, 9.17) is 34.8 Å². The molecule has 0 saturated heterocycles. The molecular weight excluding hydrogens is 554 g/mol. The van der Waals surface area contributed by atoms with Crippen LogP contribution in [0.2, 0.25) is 0 Å².